The molecule has 0 unspecified atom stereocenters. The SMILES string of the molecule is NOCCCCc1ccc(C2CCCCC2)cc1. The minimum Gasteiger partial charge on any atom is -0.305 e. The minimum absolute atomic E-state index is 0.667. The highest BCUT2D eigenvalue weighted by Crippen LogP contribution is 2.32. The van der Waals surface area contributed by atoms with Crippen LogP contribution in [0, 0.1) is 0 Å². The third-order valence-electron chi connectivity index (χ3n) is 4.03. The highest BCUT2D eigenvalue weighted by Gasteiger charge is 2.14. The molecular formula is C16H25NO. The Kier molecular flexibility index (Phi) is 5.69. The predicted octanol–water partition coefficient (Wildman–Crippen LogP) is 3.95. The maximum Gasteiger partial charge on any atom is 0.0679 e. The van der Waals surface area contributed by atoms with Gasteiger partial charge in [-0.2, -0.15) is 0 Å². The lowest BCUT2D eigenvalue weighted by molar-refractivity contribution is 0.134. The van der Waals surface area contributed by atoms with E-state index in [4.69, 9.17) is 5.90 Å². The Bertz CT molecular complexity index is 327. The number of hydrogen-bond donors (Lipinski definition) is 1. The van der Waals surface area contributed by atoms with Gasteiger partial charge < -0.3 is 4.84 Å². The maximum absolute atomic E-state index is 5.01. The standard InChI is InChI=1S/C16H25NO/c17-18-13-5-4-6-14-9-11-16(12-10-14)15-7-2-1-3-8-15/h9-12,15H,1-8,13,17H2. The zero-order chi connectivity index (χ0) is 12.6. The highest BCUT2D eigenvalue weighted by atomic mass is 16.6. The average molecular weight is 247 g/mol. The summed E-state index contributed by atoms with van der Waals surface area (Å²) < 4.78 is 0. The van der Waals surface area contributed by atoms with E-state index in [0.717, 1.165) is 25.2 Å². The molecule has 0 aromatic heterocycles. The Labute approximate surface area is 110 Å². The molecule has 0 radical (unpaired) electrons. The van der Waals surface area contributed by atoms with E-state index in [9.17, 15) is 0 Å². The van der Waals surface area contributed by atoms with E-state index in [0.29, 0.717) is 6.61 Å². The van der Waals surface area contributed by atoms with E-state index in [1.807, 2.05) is 0 Å². The number of unbranched alkanes of at least 4 members (excludes halogenated alkanes) is 1. The van der Waals surface area contributed by atoms with Gasteiger partial charge in [-0.3, -0.25) is 0 Å². The molecule has 1 aromatic carbocycles. The van der Waals surface area contributed by atoms with E-state index < -0.39 is 0 Å². The van der Waals surface area contributed by atoms with Gasteiger partial charge in [0.25, 0.3) is 0 Å². The summed E-state index contributed by atoms with van der Waals surface area (Å²) in [7, 11) is 0. The van der Waals surface area contributed by atoms with Gasteiger partial charge in [-0.25, -0.2) is 5.90 Å². The molecule has 100 valence electrons. The summed E-state index contributed by atoms with van der Waals surface area (Å²) >= 11 is 0. The van der Waals surface area contributed by atoms with Crippen LogP contribution in [0.5, 0.6) is 0 Å². The third-order valence-corrected chi connectivity index (χ3v) is 4.03. The predicted molar refractivity (Wildman–Crippen MR) is 75.3 cm³/mol. The molecule has 1 aromatic rings. The van der Waals surface area contributed by atoms with E-state index >= 15 is 0 Å². The molecule has 2 nitrogen and oxygen atoms in total. The third kappa shape index (κ3) is 4.11. The molecular weight excluding hydrogens is 222 g/mol. The van der Waals surface area contributed by atoms with Crippen LogP contribution in [0.1, 0.15) is 62.0 Å². The van der Waals surface area contributed by atoms with Gasteiger partial charge in [-0.1, -0.05) is 43.5 Å². The number of rotatable bonds is 6. The second kappa shape index (κ2) is 7.55. The fourth-order valence-electron chi connectivity index (χ4n) is 2.91. The Balaban J connectivity index is 1.81. The van der Waals surface area contributed by atoms with Gasteiger partial charge >= 0.3 is 0 Å². The smallest absolute Gasteiger partial charge is 0.0679 e. The fraction of sp³-hybridized carbons (Fsp3) is 0.625. The second-order valence-electron chi connectivity index (χ2n) is 5.40. The second-order valence-corrected chi connectivity index (χ2v) is 5.40. The van der Waals surface area contributed by atoms with Crippen molar-refractivity contribution in [2.45, 2.75) is 57.3 Å². The van der Waals surface area contributed by atoms with Gasteiger partial charge in [-0.15, -0.1) is 0 Å². The molecule has 1 aliphatic rings. The number of hydrogen-bond acceptors (Lipinski definition) is 2. The van der Waals surface area contributed by atoms with Gasteiger partial charge in [0.05, 0.1) is 6.61 Å². The van der Waals surface area contributed by atoms with Crippen molar-refractivity contribution in [3.05, 3.63) is 35.4 Å². The summed E-state index contributed by atoms with van der Waals surface area (Å²) in [5, 5.41) is 0. The molecule has 1 saturated carbocycles. The van der Waals surface area contributed by atoms with Crippen molar-refractivity contribution < 1.29 is 4.84 Å². The maximum atomic E-state index is 5.01. The summed E-state index contributed by atoms with van der Waals surface area (Å²) in [5.41, 5.74) is 2.98. The number of benzene rings is 1. The van der Waals surface area contributed by atoms with Gasteiger partial charge in [0.1, 0.15) is 0 Å². The first-order chi connectivity index (χ1) is 8.90. The molecule has 0 atom stereocenters. The van der Waals surface area contributed by atoms with E-state index in [2.05, 4.69) is 29.1 Å². The van der Waals surface area contributed by atoms with Crippen molar-refractivity contribution in [3.63, 3.8) is 0 Å². The van der Waals surface area contributed by atoms with Crippen LogP contribution in [0.15, 0.2) is 24.3 Å². The Morgan fingerprint density at radius 3 is 2.39 bits per heavy atom. The van der Waals surface area contributed by atoms with Crippen LogP contribution in [-0.2, 0) is 11.3 Å². The zero-order valence-electron chi connectivity index (χ0n) is 11.2. The Morgan fingerprint density at radius 1 is 1.00 bits per heavy atom. The molecule has 18 heavy (non-hydrogen) atoms. The lowest BCUT2D eigenvalue weighted by Crippen LogP contribution is -2.04. The molecule has 0 amide bonds. The first-order valence-electron chi connectivity index (χ1n) is 7.30. The lowest BCUT2D eigenvalue weighted by Gasteiger charge is -2.22. The molecule has 2 rings (SSSR count). The fourth-order valence-corrected chi connectivity index (χ4v) is 2.91. The monoisotopic (exact) mass is 247 g/mol. The molecule has 0 spiro atoms. The van der Waals surface area contributed by atoms with E-state index in [1.165, 1.54) is 37.7 Å². The quantitative estimate of drug-likeness (QED) is 0.610. The average Bonchev–Trinajstić information content (AvgIpc) is 2.45. The van der Waals surface area contributed by atoms with E-state index in [-0.39, 0.29) is 0 Å². The highest BCUT2D eigenvalue weighted by molar-refractivity contribution is 5.25. The largest absolute Gasteiger partial charge is 0.305 e. The molecule has 0 bridgehead atoms. The topological polar surface area (TPSA) is 35.2 Å². The molecule has 1 aliphatic carbocycles. The van der Waals surface area contributed by atoms with Crippen LogP contribution < -0.4 is 5.90 Å². The molecule has 0 saturated heterocycles. The van der Waals surface area contributed by atoms with Crippen LogP contribution in [0.4, 0.5) is 0 Å². The Hall–Kier alpha value is -0.860. The molecule has 0 heterocycles. The summed E-state index contributed by atoms with van der Waals surface area (Å²) in [6.07, 6.45) is 10.3. The van der Waals surface area contributed by atoms with Crippen molar-refractivity contribution >= 4 is 0 Å². The van der Waals surface area contributed by atoms with Gasteiger partial charge in [0, 0.05) is 0 Å². The van der Waals surface area contributed by atoms with E-state index in [1.54, 1.807) is 5.56 Å². The lowest BCUT2D eigenvalue weighted by atomic mass is 9.84. The minimum atomic E-state index is 0.667. The first-order valence-corrected chi connectivity index (χ1v) is 7.30. The summed E-state index contributed by atoms with van der Waals surface area (Å²) in [6.45, 7) is 0.667. The van der Waals surface area contributed by atoms with Crippen molar-refractivity contribution in [1.29, 1.82) is 0 Å². The number of aryl methyl sites for hydroxylation is 1. The first kappa shape index (κ1) is 13.6. The summed E-state index contributed by atoms with van der Waals surface area (Å²) in [5.74, 6) is 5.83. The van der Waals surface area contributed by atoms with Gasteiger partial charge in [0.2, 0.25) is 0 Å². The van der Waals surface area contributed by atoms with Crippen molar-refractivity contribution in [2.75, 3.05) is 6.61 Å². The molecule has 2 heteroatoms. The van der Waals surface area contributed by atoms with Crippen molar-refractivity contribution in [2.24, 2.45) is 5.90 Å². The van der Waals surface area contributed by atoms with Crippen LogP contribution in [0.3, 0.4) is 0 Å². The number of nitrogens with two attached hydrogens (primary N) is 1. The van der Waals surface area contributed by atoms with Crippen LogP contribution in [-0.4, -0.2) is 6.61 Å². The van der Waals surface area contributed by atoms with Crippen LogP contribution >= 0.6 is 0 Å². The van der Waals surface area contributed by atoms with Crippen LogP contribution in [0.25, 0.3) is 0 Å². The van der Waals surface area contributed by atoms with Crippen molar-refractivity contribution in [3.8, 4) is 0 Å². The van der Waals surface area contributed by atoms with Crippen molar-refractivity contribution in [1.82, 2.24) is 0 Å². The summed E-state index contributed by atoms with van der Waals surface area (Å²) in [6, 6.07) is 9.27. The molecule has 2 N–H and O–H groups in total. The van der Waals surface area contributed by atoms with Gasteiger partial charge in [-0.05, 0) is 49.1 Å². The molecule has 1 fully saturated rings. The normalized spacial score (nSPS) is 16.9. The summed E-state index contributed by atoms with van der Waals surface area (Å²) in [4.78, 5) is 4.58. The Morgan fingerprint density at radius 2 is 1.72 bits per heavy atom. The zero-order valence-corrected chi connectivity index (χ0v) is 11.2. The van der Waals surface area contributed by atoms with Gasteiger partial charge in [0.15, 0.2) is 0 Å². The molecule has 0 aliphatic heterocycles. The van der Waals surface area contributed by atoms with Crippen LogP contribution in [0.2, 0.25) is 0 Å².